The lowest BCUT2D eigenvalue weighted by molar-refractivity contribution is 0.0702. The van der Waals surface area contributed by atoms with E-state index in [1.54, 1.807) is 0 Å². The third-order valence-electron chi connectivity index (χ3n) is 2.63. The van der Waals surface area contributed by atoms with Crippen LogP contribution in [0.15, 0.2) is 0 Å². The Morgan fingerprint density at radius 2 is 1.37 bits per heavy atom. The van der Waals surface area contributed by atoms with Crippen LogP contribution >= 0.6 is 0 Å². The van der Waals surface area contributed by atoms with Gasteiger partial charge in [-0.1, -0.05) is 6.42 Å². The van der Waals surface area contributed by atoms with Crippen molar-refractivity contribution in [2.75, 3.05) is 39.6 Å². The van der Waals surface area contributed by atoms with Crippen molar-refractivity contribution in [2.24, 2.45) is 5.73 Å². The Labute approximate surface area is 119 Å². The summed E-state index contributed by atoms with van der Waals surface area (Å²) < 4.78 is 22.8. The highest BCUT2D eigenvalue weighted by Gasteiger charge is 2.39. The summed E-state index contributed by atoms with van der Waals surface area (Å²) in [6.45, 7) is 9.92. The van der Waals surface area contributed by atoms with Crippen molar-refractivity contribution >= 4 is 8.80 Å². The molecule has 116 valence electrons. The number of nitrogens with two attached hydrogens (primary N) is 1. The molecule has 5 nitrogen and oxygen atoms in total. The number of hydrogen-bond acceptors (Lipinski definition) is 5. The van der Waals surface area contributed by atoms with E-state index in [0.717, 1.165) is 31.9 Å². The highest BCUT2D eigenvalue weighted by atomic mass is 28.4. The molecule has 0 aromatic carbocycles. The first-order chi connectivity index (χ1) is 9.24. The second-order valence-electron chi connectivity index (χ2n) is 4.19. The van der Waals surface area contributed by atoms with Crippen LogP contribution in [0, 0.1) is 0 Å². The Bertz CT molecular complexity index is 178. The summed E-state index contributed by atoms with van der Waals surface area (Å²) in [5.74, 6) is 0. The van der Waals surface area contributed by atoms with Crippen LogP contribution < -0.4 is 5.73 Å². The van der Waals surface area contributed by atoms with Crippen LogP contribution in [0.25, 0.3) is 0 Å². The van der Waals surface area contributed by atoms with E-state index in [2.05, 4.69) is 0 Å². The Morgan fingerprint density at radius 3 is 1.84 bits per heavy atom. The fraction of sp³-hybridized carbons (Fsp3) is 1.00. The normalized spacial score (nSPS) is 12.0. The van der Waals surface area contributed by atoms with Crippen molar-refractivity contribution in [3.63, 3.8) is 0 Å². The first kappa shape index (κ1) is 19.0. The Morgan fingerprint density at radius 1 is 0.789 bits per heavy atom. The SMILES string of the molecule is CCO[Si](CCCCCOCCN)(OCC)OCC. The van der Waals surface area contributed by atoms with Crippen molar-refractivity contribution < 1.29 is 18.0 Å². The van der Waals surface area contributed by atoms with Crippen LogP contribution in [0.5, 0.6) is 0 Å². The molecular formula is C13H31NO4Si. The Hall–Kier alpha value is 0.0169. The molecule has 0 bridgehead atoms. The molecule has 0 aromatic rings. The molecule has 0 amide bonds. The van der Waals surface area contributed by atoms with Gasteiger partial charge in [-0.25, -0.2) is 0 Å². The molecule has 0 radical (unpaired) electrons. The van der Waals surface area contributed by atoms with Gasteiger partial charge in [-0.05, 0) is 33.6 Å². The van der Waals surface area contributed by atoms with Gasteiger partial charge in [-0.3, -0.25) is 0 Å². The molecule has 0 fully saturated rings. The molecule has 2 N–H and O–H groups in total. The molecule has 0 spiro atoms. The predicted molar refractivity (Wildman–Crippen MR) is 79.2 cm³/mol. The van der Waals surface area contributed by atoms with E-state index in [4.69, 9.17) is 23.7 Å². The quantitative estimate of drug-likeness (QED) is 0.393. The van der Waals surface area contributed by atoms with Gasteiger partial charge in [0.05, 0.1) is 6.61 Å². The lowest BCUT2D eigenvalue weighted by atomic mass is 10.3. The molecule has 0 aromatic heterocycles. The van der Waals surface area contributed by atoms with Crippen LogP contribution in [0.3, 0.4) is 0 Å². The predicted octanol–water partition coefficient (Wildman–Crippen LogP) is 2.18. The van der Waals surface area contributed by atoms with Gasteiger partial charge in [0, 0.05) is 39.0 Å². The molecule has 0 aliphatic heterocycles. The Balaban J connectivity index is 3.89. The van der Waals surface area contributed by atoms with E-state index in [1.807, 2.05) is 20.8 Å². The van der Waals surface area contributed by atoms with Gasteiger partial charge < -0.3 is 23.7 Å². The fourth-order valence-corrected chi connectivity index (χ4v) is 4.59. The summed E-state index contributed by atoms with van der Waals surface area (Å²) in [4.78, 5) is 0. The zero-order valence-electron chi connectivity index (χ0n) is 12.8. The van der Waals surface area contributed by atoms with Gasteiger partial charge in [-0.2, -0.15) is 0 Å². The largest absolute Gasteiger partial charge is 0.500 e. The topological polar surface area (TPSA) is 62.9 Å². The van der Waals surface area contributed by atoms with E-state index in [9.17, 15) is 0 Å². The summed E-state index contributed by atoms with van der Waals surface area (Å²) in [6.07, 6.45) is 3.21. The average Bonchev–Trinajstić information content (AvgIpc) is 2.39. The van der Waals surface area contributed by atoms with Crippen molar-refractivity contribution in [3.05, 3.63) is 0 Å². The van der Waals surface area contributed by atoms with Crippen LogP contribution in [0.1, 0.15) is 40.0 Å². The number of hydrogen-bond donors (Lipinski definition) is 1. The molecule has 6 heteroatoms. The third-order valence-corrected chi connectivity index (χ3v) is 5.78. The first-order valence-corrected chi connectivity index (χ1v) is 9.37. The Kier molecular flexibility index (Phi) is 13.0. The molecule has 19 heavy (non-hydrogen) atoms. The molecule has 0 rings (SSSR count). The number of rotatable bonds is 14. The lowest BCUT2D eigenvalue weighted by Crippen LogP contribution is -2.45. The smallest absolute Gasteiger partial charge is 0.380 e. The van der Waals surface area contributed by atoms with Crippen molar-refractivity contribution in [1.29, 1.82) is 0 Å². The van der Waals surface area contributed by atoms with E-state index < -0.39 is 8.80 Å². The van der Waals surface area contributed by atoms with E-state index in [1.165, 1.54) is 0 Å². The molecule has 0 unspecified atom stereocenters. The van der Waals surface area contributed by atoms with Gasteiger partial charge in [0.1, 0.15) is 0 Å². The van der Waals surface area contributed by atoms with Crippen LogP contribution in [0.2, 0.25) is 6.04 Å². The molecule has 0 saturated heterocycles. The molecule has 0 aliphatic carbocycles. The van der Waals surface area contributed by atoms with Crippen LogP contribution in [0.4, 0.5) is 0 Å². The van der Waals surface area contributed by atoms with Gasteiger partial charge in [0.25, 0.3) is 0 Å². The minimum absolute atomic E-state index is 0.592. The summed E-state index contributed by atoms with van der Waals surface area (Å²) in [7, 11) is -2.43. The van der Waals surface area contributed by atoms with Gasteiger partial charge in [0.2, 0.25) is 0 Å². The standard InChI is InChI=1S/C13H31NO4Si/c1-4-16-19(17-5-2,18-6-3)13-9-7-8-11-15-12-10-14/h4-14H2,1-3H3. The molecule has 0 atom stereocenters. The minimum Gasteiger partial charge on any atom is -0.380 e. The van der Waals surface area contributed by atoms with Crippen LogP contribution in [-0.2, 0) is 18.0 Å². The molecule has 0 aliphatic rings. The van der Waals surface area contributed by atoms with Crippen molar-refractivity contribution in [2.45, 2.75) is 46.1 Å². The second kappa shape index (κ2) is 13.0. The van der Waals surface area contributed by atoms with Gasteiger partial charge >= 0.3 is 8.80 Å². The molecular weight excluding hydrogens is 262 g/mol. The van der Waals surface area contributed by atoms with E-state index in [0.29, 0.717) is 33.0 Å². The van der Waals surface area contributed by atoms with Crippen LogP contribution in [-0.4, -0.2) is 48.4 Å². The molecule has 0 heterocycles. The van der Waals surface area contributed by atoms with Gasteiger partial charge in [0.15, 0.2) is 0 Å². The van der Waals surface area contributed by atoms with E-state index in [-0.39, 0.29) is 0 Å². The first-order valence-electron chi connectivity index (χ1n) is 7.44. The van der Waals surface area contributed by atoms with Crippen molar-refractivity contribution in [3.8, 4) is 0 Å². The summed E-state index contributed by atoms with van der Waals surface area (Å²) in [5, 5.41) is 0. The minimum atomic E-state index is -2.43. The lowest BCUT2D eigenvalue weighted by Gasteiger charge is -2.28. The fourth-order valence-electron chi connectivity index (χ4n) is 1.91. The zero-order chi connectivity index (χ0) is 14.4. The van der Waals surface area contributed by atoms with Crippen molar-refractivity contribution in [1.82, 2.24) is 0 Å². The average molecular weight is 293 g/mol. The summed E-state index contributed by atoms with van der Waals surface area (Å²) in [5.41, 5.74) is 5.36. The summed E-state index contributed by atoms with van der Waals surface area (Å²) >= 11 is 0. The third kappa shape index (κ3) is 9.54. The monoisotopic (exact) mass is 293 g/mol. The maximum absolute atomic E-state index is 5.80. The highest BCUT2D eigenvalue weighted by molar-refractivity contribution is 6.60. The number of unbranched alkanes of at least 4 members (excludes halogenated alkanes) is 2. The van der Waals surface area contributed by atoms with E-state index >= 15 is 0 Å². The second-order valence-corrected chi connectivity index (χ2v) is 6.93. The highest BCUT2D eigenvalue weighted by Crippen LogP contribution is 2.19. The molecule has 0 saturated carbocycles. The summed E-state index contributed by atoms with van der Waals surface area (Å²) in [6, 6.07) is 0.888. The maximum atomic E-state index is 5.80. The maximum Gasteiger partial charge on any atom is 0.500 e. The zero-order valence-corrected chi connectivity index (χ0v) is 13.8. The number of ether oxygens (including phenoxy) is 1. The van der Waals surface area contributed by atoms with Gasteiger partial charge in [-0.15, -0.1) is 0 Å².